The SMILES string of the molecule is Nc1ncnc2c1ccn2[C@@H]1OC2COP(=O)(O)O[C@@H]3CC(OCC[C@H]2[C@H]1O)O[C@H]3n1cnc2c(=O)[nH]cnc21. The Bertz CT molecular complexity index is 1670. The van der Waals surface area contributed by atoms with Crippen LogP contribution in [-0.4, -0.2) is 81.9 Å². The van der Waals surface area contributed by atoms with E-state index >= 15 is 0 Å². The van der Waals surface area contributed by atoms with Crippen molar-refractivity contribution in [3.63, 3.8) is 0 Å². The first-order valence-electron chi connectivity index (χ1n) is 12.5. The average Bonchev–Trinajstić information content (AvgIpc) is 3.68. The maximum atomic E-state index is 13.0. The molecule has 4 aromatic rings. The quantitative estimate of drug-likeness (QED) is 0.234. The summed E-state index contributed by atoms with van der Waals surface area (Å²) in [6.45, 7) is -0.158. The van der Waals surface area contributed by atoms with Crippen LogP contribution in [0.1, 0.15) is 25.3 Å². The van der Waals surface area contributed by atoms with E-state index in [1.807, 2.05) is 0 Å². The molecule has 3 unspecified atom stereocenters. The Morgan fingerprint density at radius 3 is 2.85 bits per heavy atom. The molecule has 0 spiro atoms. The molecule has 18 heteroatoms. The predicted octanol–water partition coefficient (Wildman–Crippen LogP) is 0.189. The highest BCUT2D eigenvalue weighted by Crippen LogP contribution is 2.51. The number of aromatic amines is 1. The van der Waals surface area contributed by atoms with Crippen molar-refractivity contribution < 1.29 is 37.8 Å². The van der Waals surface area contributed by atoms with Crippen LogP contribution in [-0.2, 0) is 27.8 Å². The minimum absolute atomic E-state index is 0.0775. The highest BCUT2D eigenvalue weighted by atomic mass is 31.2. The molecule has 40 heavy (non-hydrogen) atoms. The molecule has 0 amide bonds. The molecule has 5 N–H and O–H groups in total. The summed E-state index contributed by atoms with van der Waals surface area (Å²) in [6.07, 6.45) is 0.535. The van der Waals surface area contributed by atoms with Gasteiger partial charge in [-0.15, -0.1) is 0 Å². The van der Waals surface area contributed by atoms with Crippen LogP contribution in [0.3, 0.4) is 0 Å². The highest BCUT2D eigenvalue weighted by Gasteiger charge is 2.48. The summed E-state index contributed by atoms with van der Waals surface area (Å²) in [4.78, 5) is 41.6. The number of aromatic nitrogens is 7. The van der Waals surface area contributed by atoms with E-state index in [9.17, 15) is 19.4 Å². The monoisotopic (exact) mass is 576 g/mol. The topological polar surface area (TPSA) is 224 Å². The fourth-order valence-corrected chi connectivity index (χ4v) is 6.47. The van der Waals surface area contributed by atoms with E-state index in [1.54, 1.807) is 16.8 Å². The Morgan fingerprint density at radius 2 is 1.98 bits per heavy atom. The first-order chi connectivity index (χ1) is 19.3. The third-order valence-corrected chi connectivity index (χ3v) is 8.45. The first kappa shape index (κ1) is 25.7. The van der Waals surface area contributed by atoms with E-state index in [2.05, 4.69) is 24.9 Å². The molecule has 3 aliphatic rings. The number of anilines is 1. The van der Waals surface area contributed by atoms with Crippen molar-refractivity contribution in [3.05, 3.63) is 41.6 Å². The van der Waals surface area contributed by atoms with Crippen molar-refractivity contribution in [2.45, 2.75) is 49.9 Å². The molecule has 2 bridgehead atoms. The lowest BCUT2D eigenvalue weighted by atomic mass is 9.95. The minimum atomic E-state index is -4.65. The third-order valence-electron chi connectivity index (χ3n) is 7.44. The molecule has 0 radical (unpaired) electrons. The lowest BCUT2D eigenvalue weighted by Crippen LogP contribution is -2.31. The number of fused-ring (bicyclic) bond motifs is 5. The van der Waals surface area contributed by atoms with Gasteiger partial charge in [0.15, 0.2) is 29.9 Å². The number of H-pyrrole nitrogens is 1. The van der Waals surface area contributed by atoms with Crippen molar-refractivity contribution in [1.82, 2.24) is 34.1 Å². The standard InChI is InChI=1S/C22H25N8O9P/c23-17-11-1-3-29(18(11)25-7-24-17)22-16(31)10-2-4-35-14-5-12(39-40(33,34)36-6-13(10)37-22)21(38-14)30-9-28-15-19(30)26-8-27-20(15)32/h1,3,7-10,12-14,16,21-22,31H,2,4-6H2,(H,33,34)(H2,23,24,25)(H,26,27,32)/t10-,12-,13?,14?,16-,21-,22-/m1/s1. The van der Waals surface area contributed by atoms with Crippen molar-refractivity contribution in [2.24, 2.45) is 5.92 Å². The number of nitrogens with zero attached hydrogens (tertiary/aromatic N) is 6. The van der Waals surface area contributed by atoms with Gasteiger partial charge in [-0.05, 0) is 12.5 Å². The van der Waals surface area contributed by atoms with Crippen molar-refractivity contribution >= 4 is 35.8 Å². The lowest BCUT2D eigenvalue weighted by molar-refractivity contribution is -0.155. The Hall–Kier alpha value is -3.28. The summed E-state index contributed by atoms with van der Waals surface area (Å²) in [7, 11) is -4.65. The number of hydrogen-bond donors (Lipinski definition) is 4. The van der Waals surface area contributed by atoms with Crippen molar-refractivity contribution in [2.75, 3.05) is 18.9 Å². The van der Waals surface area contributed by atoms with Gasteiger partial charge in [-0.25, -0.2) is 24.5 Å². The van der Waals surface area contributed by atoms with Crippen LogP contribution in [0.2, 0.25) is 0 Å². The molecule has 3 saturated heterocycles. The molecule has 17 nitrogen and oxygen atoms in total. The number of nitrogens with two attached hydrogens (primary N) is 1. The van der Waals surface area contributed by atoms with Crippen molar-refractivity contribution in [3.8, 4) is 0 Å². The van der Waals surface area contributed by atoms with E-state index in [-0.39, 0.29) is 36.6 Å². The largest absolute Gasteiger partial charge is 0.472 e. The Balaban J connectivity index is 1.14. The predicted molar refractivity (Wildman–Crippen MR) is 133 cm³/mol. The summed E-state index contributed by atoms with van der Waals surface area (Å²) < 4.78 is 45.1. The van der Waals surface area contributed by atoms with Crippen LogP contribution in [0.15, 0.2) is 36.0 Å². The third kappa shape index (κ3) is 4.31. The number of hydrogen-bond acceptors (Lipinski definition) is 13. The molecule has 212 valence electrons. The molecule has 4 aromatic heterocycles. The fourth-order valence-electron chi connectivity index (χ4n) is 5.54. The molecule has 0 saturated carbocycles. The molecule has 7 heterocycles. The second kappa shape index (κ2) is 9.67. The Morgan fingerprint density at radius 1 is 1.10 bits per heavy atom. The van der Waals surface area contributed by atoms with Gasteiger partial charge in [0, 0.05) is 18.5 Å². The number of aliphatic hydroxyl groups excluding tert-OH is 1. The van der Waals surface area contributed by atoms with Gasteiger partial charge in [-0.3, -0.25) is 18.4 Å². The maximum Gasteiger partial charge on any atom is 0.472 e. The van der Waals surface area contributed by atoms with Gasteiger partial charge in [0.25, 0.3) is 5.56 Å². The van der Waals surface area contributed by atoms with Crippen LogP contribution in [0.4, 0.5) is 5.82 Å². The normalized spacial score (nSPS) is 35.0. The summed E-state index contributed by atoms with van der Waals surface area (Å²) in [5.74, 6) is -0.236. The summed E-state index contributed by atoms with van der Waals surface area (Å²) in [6, 6.07) is 1.72. The number of imidazole rings is 1. The molecule has 8 atom stereocenters. The number of rotatable bonds is 2. The Labute approximate surface area is 224 Å². The van der Waals surface area contributed by atoms with E-state index < -0.39 is 56.4 Å². The number of phosphoric ester groups is 1. The molecule has 0 aliphatic carbocycles. The number of nitrogen functional groups attached to an aromatic ring is 1. The zero-order valence-electron chi connectivity index (χ0n) is 20.7. The number of ether oxygens (including phenoxy) is 3. The first-order valence-corrected chi connectivity index (χ1v) is 14.0. The highest BCUT2D eigenvalue weighted by molar-refractivity contribution is 7.47. The summed E-state index contributed by atoms with van der Waals surface area (Å²) in [5.41, 5.74) is 6.27. The van der Waals surface area contributed by atoms with E-state index in [4.69, 9.17) is 29.0 Å². The summed E-state index contributed by atoms with van der Waals surface area (Å²) in [5, 5.41) is 11.9. The molecule has 3 aliphatic heterocycles. The van der Waals surface area contributed by atoms with Gasteiger partial charge in [-0.2, -0.15) is 0 Å². The molecular formula is C22H25N8O9P. The van der Waals surface area contributed by atoms with Crippen LogP contribution in [0.25, 0.3) is 22.2 Å². The smallest absolute Gasteiger partial charge is 0.388 e. The van der Waals surface area contributed by atoms with Gasteiger partial charge in [0.2, 0.25) is 0 Å². The lowest BCUT2D eigenvalue weighted by Gasteiger charge is -2.24. The zero-order chi connectivity index (χ0) is 27.6. The fraction of sp³-hybridized carbons (Fsp3) is 0.500. The van der Waals surface area contributed by atoms with Gasteiger partial charge < -0.3 is 39.5 Å². The number of phosphoric acid groups is 1. The van der Waals surface area contributed by atoms with Crippen LogP contribution in [0.5, 0.6) is 0 Å². The molecule has 3 fully saturated rings. The van der Waals surface area contributed by atoms with E-state index in [1.165, 1.54) is 23.5 Å². The Kier molecular flexibility index (Phi) is 6.21. The second-order valence-electron chi connectivity index (χ2n) is 9.75. The van der Waals surface area contributed by atoms with Gasteiger partial charge in [-0.1, -0.05) is 0 Å². The van der Waals surface area contributed by atoms with Crippen LogP contribution < -0.4 is 11.3 Å². The van der Waals surface area contributed by atoms with Crippen LogP contribution >= 0.6 is 7.82 Å². The van der Waals surface area contributed by atoms with Gasteiger partial charge >= 0.3 is 7.82 Å². The van der Waals surface area contributed by atoms with E-state index in [0.717, 1.165) is 0 Å². The summed E-state index contributed by atoms with van der Waals surface area (Å²) >= 11 is 0. The molecular weight excluding hydrogens is 551 g/mol. The maximum absolute atomic E-state index is 13.0. The zero-order valence-corrected chi connectivity index (χ0v) is 21.6. The van der Waals surface area contributed by atoms with Crippen LogP contribution in [0, 0.1) is 5.92 Å². The molecule has 7 rings (SSSR count). The van der Waals surface area contributed by atoms with E-state index in [0.29, 0.717) is 17.5 Å². The number of aliphatic hydroxyl groups is 1. The average molecular weight is 576 g/mol. The number of nitrogens with one attached hydrogen (secondary N) is 1. The molecule has 0 aromatic carbocycles. The second-order valence-corrected chi connectivity index (χ2v) is 11.2. The minimum Gasteiger partial charge on any atom is -0.388 e. The van der Waals surface area contributed by atoms with Gasteiger partial charge in [0.05, 0.1) is 37.4 Å². The van der Waals surface area contributed by atoms with Gasteiger partial charge in [0.1, 0.15) is 30.0 Å². The van der Waals surface area contributed by atoms with Crippen molar-refractivity contribution in [1.29, 1.82) is 0 Å².